The molecule has 0 heterocycles. The van der Waals surface area contributed by atoms with Crippen molar-refractivity contribution in [2.24, 2.45) is 0 Å². The summed E-state index contributed by atoms with van der Waals surface area (Å²) in [6.45, 7) is 0. The van der Waals surface area contributed by atoms with E-state index < -0.39 is 0 Å². The van der Waals surface area contributed by atoms with Gasteiger partial charge in [0.25, 0.3) is 0 Å². The Morgan fingerprint density at radius 3 is 0.500 bits per heavy atom. The molecule has 0 amide bonds. The van der Waals surface area contributed by atoms with Gasteiger partial charge in [0.05, 0.1) is 0 Å². The fourth-order valence-electron chi connectivity index (χ4n) is 0. The molecule has 0 aliphatic rings. The van der Waals surface area contributed by atoms with E-state index in [4.69, 9.17) is 0 Å². The van der Waals surface area contributed by atoms with Crippen LogP contribution in [0.2, 0.25) is 0 Å². The largest absolute Gasteiger partial charge is 0 e. The van der Waals surface area contributed by atoms with Crippen LogP contribution in [0.15, 0.2) is 0 Å². The summed E-state index contributed by atoms with van der Waals surface area (Å²) in [7, 11) is 0. The molecule has 0 aliphatic heterocycles. The van der Waals surface area contributed by atoms with E-state index in [-0.39, 0.29) is 91.5 Å². The average molecular weight is 429 g/mol. The molecule has 0 saturated carbocycles. The van der Waals surface area contributed by atoms with Crippen LogP contribution in [-0.4, -0.2) is 91.5 Å². The second-order valence-corrected chi connectivity index (χ2v) is 0. The minimum atomic E-state index is 0. The molecule has 0 aromatic heterocycles. The maximum Gasteiger partial charge on any atom is 0 e. The third-order valence-corrected chi connectivity index (χ3v) is 0. The molecule has 0 unspecified atom stereocenters. The van der Waals surface area contributed by atoms with Gasteiger partial charge < -0.3 is 0 Å². The van der Waals surface area contributed by atoms with Crippen LogP contribution in [0.5, 0.6) is 0 Å². The van der Waals surface area contributed by atoms with Crippen LogP contribution in [0.25, 0.3) is 0 Å². The first-order valence-corrected chi connectivity index (χ1v) is 0. The minimum absolute atomic E-state index is 0. The molecule has 12 radical (unpaired) electrons. The predicted molar refractivity (Wildman–Crippen MR) is 27.2 cm³/mol. The van der Waals surface area contributed by atoms with Crippen molar-refractivity contribution < 1.29 is 0 Å². The van der Waals surface area contributed by atoms with E-state index in [1.54, 1.807) is 0 Å². The molecule has 4 heteroatoms. The smallest absolute Gasteiger partial charge is 0 e. The number of hydrogen-bond donors (Lipinski definition) is 0. The molecule has 0 aromatic rings. The van der Waals surface area contributed by atoms with E-state index in [0.29, 0.717) is 0 Å². The van der Waals surface area contributed by atoms with Gasteiger partial charge in [-0.2, -0.15) is 0 Å². The predicted octanol–water partition coefficient (Wildman–Crippen LogP) is -2.33. The Hall–Kier alpha value is 3.03. The summed E-state index contributed by atoms with van der Waals surface area (Å²) in [5.41, 5.74) is 0. The molecule has 0 fully saturated rings. The first kappa shape index (κ1) is 27.8. The van der Waals surface area contributed by atoms with Crippen LogP contribution < -0.4 is 0 Å². The van der Waals surface area contributed by atoms with E-state index in [2.05, 4.69) is 0 Å². The molecular formula is H3GaSn3. The second kappa shape index (κ2) is 16.6. The van der Waals surface area contributed by atoms with Crippen LogP contribution >= 0.6 is 0 Å². The van der Waals surface area contributed by atoms with Gasteiger partial charge in [-0.25, -0.2) is 0 Å². The molecular weight excluding hydrogens is 426 g/mol. The first-order valence-electron chi connectivity index (χ1n) is 0. The summed E-state index contributed by atoms with van der Waals surface area (Å²) in [5.74, 6) is 0. The van der Waals surface area contributed by atoms with Gasteiger partial charge in [-0.1, -0.05) is 0 Å². The Balaban J connectivity index is 0. The van der Waals surface area contributed by atoms with Gasteiger partial charge in [0.15, 0.2) is 0 Å². The Kier molecular flexibility index (Phi) is 116. The van der Waals surface area contributed by atoms with Crippen LogP contribution in [0.4, 0.5) is 0 Å². The maximum atomic E-state index is 0. The van der Waals surface area contributed by atoms with Crippen molar-refractivity contribution in [3.8, 4) is 0 Å². The van der Waals surface area contributed by atoms with Gasteiger partial charge in [-0.05, 0) is 0 Å². The minimum Gasteiger partial charge on any atom is 0 e. The van der Waals surface area contributed by atoms with Crippen LogP contribution in [-0.2, 0) is 0 Å². The molecule has 0 saturated heterocycles. The summed E-state index contributed by atoms with van der Waals surface area (Å²) in [5, 5.41) is 0. The van der Waals surface area contributed by atoms with Crippen molar-refractivity contribution in [1.29, 1.82) is 0 Å². The van der Waals surface area contributed by atoms with E-state index in [1.807, 2.05) is 0 Å². The van der Waals surface area contributed by atoms with Gasteiger partial charge in [-0.3, -0.25) is 0 Å². The van der Waals surface area contributed by atoms with E-state index in [9.17, 15) is 0 Å². The quantitative estimate of drug-likeness (QED) is 0.380. The Bertz CT molecular complexity index is 3.25. The molecule has 0 bridgehead atoms. The van der Waals surface area contributed by atoms with Crippen molar-refractivity contribution in [1.82, 2.24) is 0 Å². The van der Waals surface area contributed by atoms with Crippen molar-refractivity contribution in [3.05, 3.63) is 0 Å². The molecule has 0 atom stereocenters. The normalized spacial score (nSPS) is 0. The van der Waals surface area contributed by atoms with Crippen molar-refractivity contribution >= 4 is 91.5 Å². The van der Waals surface area contributed by atoms with Crippen LogP contribution in [0.3, 0.4) is 0 Å². The summed E-state index contributed by atoms with van der Waals surface area (Å²) in [6, 6.07) is 0. The molecule has 4 heavy (non-hydrogen) atoms. The fraction of sp³-hybridized carbons (Fsp3) is 0. The Labute approximate surface area is 89.8 Å². The third kappa shape index (κ3) is 8.90. The van der Waals surface area contributed by atoms with Crippen molar-refractivity contribution in [2.75, 3.05) is 0 Å². The van der Waals surface area contributed by atoms with Crippen molar-refractivity contribution in [3.63, 3.8) is 0 Å². The first-order chi connectivity index (χ1) is 0. The molecule has 18 valence electrons. The summed E-state index contributed by atoms with van der Waals surface area (Å²) >= 11 is 0. The number of hydrogen-bond acceptors (Lipinski definition) is 0. The molecule has 0 aromatic carbocycles. The summed E-state index contributed by atoms with van der Waals surface area (Å²) in [6.07, 6.45) is 0. The SMILES string of the molecule is [GaH3].[Sn].[Sn].[Sn]. The Morgan fingerprint density at radius 1 is 0.500 bits per heavy atom. The van der Waals surface area contributed by atoms with E-state index >= 15 is 0 Å². The standard InChI is InChI=1S/Ga.3Sn.3H. The molecule has 0 rings (SSSR count). The molecule has 0 nitrogen and oxygen atoms in total. The topological polar surface area (TPSA) is 0 Å². The van der Waals surface area contributed by atoms with Gasteiger partial charge in [0.1, 0.15) is 0 Å². The van der Waals surface area contributed by atoms with Gasteiger partial charge in [0.2, 0.25) is 0 Å². The monoisotopic (exact) mass is 432 g/mol. The zero-order chi connectivity index (χ0) is 0. The molecule has 0 aliphatic carbocycles. The Morgan fingerprint density at radius 2 is 0.500 bits per heavy atom. The van der Waals surface area contributed by atoms with E-state index in [0.717, 1.165) is 0 Å². The summed E-state index contributed by atoms with van der Waals surface area (Å²) < 4.78 is 0. The fourth-order valence-corrected chi connectivity index (χ4v) is 0. The average Bonchev–Trinajstić information content (AvgIpc) is 0. The van der Waals surface area contributed by atoms with Crippen LogP contribution in [0, 0.1) is 0 Å². The van der Waals surface area contributed by atoms with Gasteiger partial charge >= 0.3 is 19.8 Å². The maximum absolute atomic E-state index is 0. The second-order valence-electron chi connectivity index (χ2n) is 0. The van der Waals surface area contributed by atoms with Gasteiger partial charge in [0, 0.05) is 71.7 Å². The van der Waals surface area contributed by atoms with Gasteiger partial charge in [-0.15, -0.1) is 0 Å². The molecule has 0 N–H and O–H groups in total. The zero-order valence-electron chi connectivity index (χ0n) is 1.50. The van der Waals surface area contributed by atoms with Crippen LogP contribution in [0.1, 0.15) is 0 Å². The third-order valence-electron chi connectivity index (χ3n) is 0. The zero-order valence-corrected chi connectivity index (χ0v) is 10.1. The summed E-state index contributed by atoms with van der Waals surface area (Å²) in [4.78, 5) is 0. The number of rotatable bonds is 0. The van der Waals surface area contributed by atoms with E-state index in [1.165, 1.54) is 0 Å². The van der Waals surface area contributed by atoms with Crippen molar-refractivity contribution in [2.45, 2.75) is 0 Å². The molecule has 0 spiro atoms.